The van der Waals surface area contributed by atoms with E-state index in [-0.39, 0.29) is 61.3 Å². The van der Waals surface area contributed by atoms with E-state index in [1.165, 1.54) is 0 Å². The summed E-state index contributed by atoms with van der Waals surface area (Å²) in [4.78, 5) is 28.1. The highest BCUT2D eigenvalue weighted by Gasteiger charge is 2.40. The van der Waals surface area contributed by atoms with Crippen molar-refractivity contribution in [2.75, 3.05) is 27.2 Å². The number of carbonyl (C=O) groups is 2. The minimum atomic E-state index is -0.628. The number of benzene rings is 10. The Hall–Kier alpha value is -10.1. The lowest BCUT2D eigenvalue weighted by Crippen LogP contribution is -2.13. The first-order chi connectivity index (χ1) is 42.3. The molecule has 3 aliphatic rings. The molecule has 0 atom stereocenters. The molecule has 0 aromatic heterocycles. The third-order valence-corrected chi connectivity index (χ3v) is 15.2. The van der Waals surface area contributed by atoms with Gasteiger partial charge in [-0.05, 0) is 195 Å². The van der Waals surface area contributed by atoms with Gasteiger partial charge in [0.15, 0.2) is 34.5 Å². The third kappa shape index (κ3) is 12.0. The summed E-state index contributed by atoms with van der Waals surface area (Å²) in [7, 11) is 35.9. The van der Waals surface area contributed by atoms with E-state index < -0.39 is 11.9 Å². The van der Waals surface area contributed by atoms with Crippen molar-refractivity contribution < 1.29 is 57.0 Å². The van der Waals surface area contributed by atoms with Crippen molar-refractivity contribution in [3.05, 3.63) is 226 Å². The maximum Gasteiger partial charge on any atom is 0.343 e. The zero-order chi connectivity index (χ0) is 59.7. The first-order valence-electron chi connectivity index (χ1n) is 27.7. The number of esters is 2. The van der Waals surface area contributed by atoms with Gasteiger partial charge in [0, 0.05) is 0 Å². The summed E-state index contributed by atoms with van der Waals surface area (Å²) in [6.45, 7) is -0.803. The van der Waals surface area contributed by atoms with Crippen LogP contribution in [0.25, 0.3) is 33.4 Å². The van der Waals surface area contributed by atoms with Gasteiger partial charge < -0.3 is 47.4 Å². The van der Waals surface area contributed by atoms with Gasteiger partial charge in [-0.2, -0.15) is 0 Å². The number of ether oxygens (including phenoxy) is 10. The van der Waals surface area contributed by atoms with Crippen LogP contribution in [-0.2, 0) is 19.3 Å². The van der Waals surface area contributed by atoms with E-state index in [1.807, 2.05) is 36.4 Å². The molecule has 0 heterocycles. The fourth-order valence-electron chi connectivity index (χ4n) is 11.0. The summed E-state index contributed by atoms with van der Waals surface area (Å²) in [6.07, 6.45) is 1.33. The molecule has 0 saturated heterocycles. The molecule has 410 valence electrons. The molecular formula is C69H44B6O12. The molecule has 10 aromatic rings. The second-order valence-electron chi connectivity index (χ2n) is 20.9. The molecule has 0 N–H and O–H groups in total. The van der Waals surface area contributed by atoms with Crippen LogP contribution in [0.4, 0.5) is 0 Å². The Labute approximate surface area is 510 Å². The Balaban J connectivity index is 0.947. The Bertz CT molecular complexity index is 4280. The number of rotatable bonds is 20. The van der Waals surface area contributed by atoms with Gasteiger partial charge in [-0.1, -0.05) is 106 Å². The lowest BCUT2D eigenvalue weighted by atomic mass is 9.86. The molecule has 10 aromatic carbocycles. The molecule has 0 aliphatic heterocycles. The highest BCUT2D eigenvalue weighted by atomic mass is 16.7. The van der Waals surface area contributed by atoms with Gasteiger partial charge in [0.2, 0.25) is 27.2 Å². The molecule has 0 unspecified atom stereocenters. The van der Waals surface area contributed by atoms with Crippen molar-refractivity contribution in [3.63, 3.8) is 0 Å². The molecule has 12 nitrogen and oxygen atoms in total. The Morgan fingerprint density at radius 2 is 0.517 bits per heavy atom. The summed E-state index contributed by atoms with van der Waals surface area (Å²) < 4.78 is 62.4. The lowest BCUT2D eigenvalue weighted by Gasteiger charge is -2.19. The average Bonchev–Trinajstić information content (AvgIpc) is 1.55. The third-order valence-electron chi connectivity index (χ3n) is 15.2. The molecule has 12 radical (unpaired) electrons. The smallest absolute Gasteiger partial charge is 0.343 e. The van der Waals surface area contributed by atoms with Gasteiger partial charge in [-0.15, -0.1) is 0 Å². The molecular weight excluding hydrogens is 1090 g/mol. The first kappa shape index (κ1) is 56.1. The van der Waals surface area contributed by atoms with E-state index in [2.05, 4.69) is 0 Å². The van der Waals surface area contributed by atoms with Gasteiger partial charge in [-0.25, -0.2) is 9.59 Å². The molecule has 0 amide bonds. The van der Waals surface area contributed by atoms with E-state index in [0.717, 1.165) is 66.8 Å². The van der Waals surface area contributed by atoms with Gasteiger partial charge in [0.25, 0.3) is 0 Å². The van der Waals surface area contributed by atoms with Crippen LogP contribution < -0.4 is 80.1 Å². The first-order valence-corrected chi connectivity index (χ1v) is 27.7. The number of hydrogen-bond donors (Lipinski definition) is 0. The quantitative estimate of drug-likeness (QED) is 0.0330. The van der Waals surface area contributed by atoms with Crippen molar-refractivity contribution in [2.24, 2.45) is 0 Å². The molecule has 0 spiro atoms. The maximum atomic E-state index is 14.1. The van der Waals surface area contributed by atoms with Gasteiger partial charge in [-0.3, -0.25) is 0 Å². The summed E-state index contributed by atoms with van der Waals surface area (Å²) in [5.41, 5.74) is 15.0. The largest absolute Gasteiger partial charge is 0.457 e. The van der Waals surface area contributed by atoms with Crippen LogP contribution in [0.15, 0.2) is 182 Å². The monoisotopic (exact) mass is 1130 g/mol. The van der Waals surface area contributed by atoms with E-state index in [4.69, 9.17) is 94.4 Å². The average molecular weight is 1130 g/mol. The molecule has 3 aliphatic carbocycles. The summed E-state index contributed by atoms with van der Waals surface area (Å²) in [5, 5.41) is 0. The summed E-state index contributed by atoms with van der Waals surface area (Å²) in [6, 6.07) is 52.3. The van der Waals surface area contributed by atoms with Crippen molar-refractivity contribution in [2.45, 2.75) is 19.3 Å². The minimum Gasteiger partial charge on any atom is -0.457 e. The minimum absolute atomic E-state index is 0.155. The van der Waals surface area contributed by atoms with Crippen LogP contribution in [-0.4, -0.2) is 86.2 Å². The highest BCUT2D eigenvalue weighted by Crippen LogP contribution is 2.59. The second-order valence-corrected chi connectivity index (χ2v) is 20.9. The highest BCUT2D eigenvalue weighted by molar-refractivity contribution is 6.34. The zero-order valence-corrected chi connectivity index (χ0v) is 46.6. The SMILES string of the molecule is [B]c1ccc(OCOc2cc3c(cc2OCOc2ccc([B])cc2)-c2c(c4c(c5c2Cc2cc(OCOc6ccc([B])cc6)c(OC(=O)c6ccc([B])cc6)cc2-5)Cc2cc(OC(=O)c5ccc([B])cc5)c(OCOc5ccc([B])cc5)cc2-4)C3)cc1. The number of carbonyl (C=O) groups excluding carboxylic acids is 2. The van der Waals surface area contributed by atoms with Crippen molar-refractivity contribution in [3.8, 4) is 90.9 Å². The van der Waals surface area contributed by atoms with Gasteiger partial charge in [0.1, 0.15) is 70.1 Å². The maximum absolute atomic E-state index is 14.1. The van der Waals surface area contributed by atoms with Gasteiger partial charge in [0.05, 0.1) is 11.1 Å². The van der Waals surface area contributed by atoms with Crippen LogP contribution >= 0.6 is 0 Å². The van der Waals surface area contributed by atoms with Crippen LogP contribution in [0.2, 0.25) is 0 Å². The number of fused-ring (bicyclic) bond motifs is 12. The normalized spacial score (nSPS) is 11.9. The Morgan fingerprint density at radius 3 is 0.828 bits per heavy atom. The summed E-state index contributed by atoms with van der Waals surface area (Å²) >= 11 is 0. The second kappa shape index (κ2) is 24.1. The van der Waals surface area contributed by atoms with E-state index in [0.29, 0.717) is 86.5 Å². The van der Waals surface area contributed by atoms with Crippen LogP contribution in [0, 0.1) is 0 Å². The zero-order valence-electron chi connectivity index (χ0n) is 46.6. The van der Waals surface area contributed by atoms with Crippen LogP contribution in [0.1, 0.15) is 54.1 Å². The van der Waals surface area contributed by atoms with Crippen molar-refractivity contribution in [1.82, 2.24) is 0 Å². The van der Waals surface area contributed by atoms with Crippen LogP contribution in [0.5, 0.6) is 57.5 Å². The van der Waals surface area contributed by atoms with E-state index in [9.17, 15) is 9.59 Å². The summed E-state index contributed by atoms with van der Waals surface area (Å²) in [5.74, 6) is 2.56. The molecule has 0 saturated carbocycles. The van der Waals surface area contributed by atoms with E-state index in [1.54, 1.807) is 146 Å². The fraction of sp³-hybridized carbons (Fsp3) is 0.101. The molecule has 13 rings (SSSR count). The molecule has 87 heavy (non-hydrogen) atoms. The van der Waals surface area contributed by atoms with Gasteiger partial charge >= 0.3 is 11.9 Å². The number of hydrogen-bond acceptors (Lipinski definition) is 12. The molecule has 0 bridgehead atoms. The molecule has 18 heteroatoms. The predicted octanol–water partition coefficient (Wildman–Crippen LogP) is 7.26. The Kier molecular flexibility index (Phi) is 15.6. The van der Waals surface area contributed by atoms with Crippen molar-refractivity contribution >= 4 is 91.8 Å². The van der Waals surface area contributed by atoms with Crippen molar-refractivity contribution in [1.29, 1.82) is 0 Å². The predicted molar refractivity (Wildman–Crippen MR) is 337 cm³/mol. The molecule has 0 fully saturated rings. The lowest BCUT2D eigenvalue weighted by molar-refractivity contribution is 0.0704. The standard InChI is InChI=1S/C69H44B6O12/c70-43-5-1-38(2-6-43)68(76)86-63-30-42-27-58-66(54(42)32-62(63)85-37-81-52-23-15-48(75)16-24-52)56-25-40-28-59(82-34-78-49-17-9-45(72)10-18-49)61(84-36-80-51-21-13-47(74)14-22-51)31-53(40)65(56)57-26-41-29-60(83-35-79-50-19-11-46(73)12-20-50)64(33-55(41)67(57)58)87-69(77)39-3-7-44(71)8-4-39/h1-24,28-33H,25-27,34-37H2. The Morgan fingerprint density at radius 1 is 0.287 bits per heavy atom. The fourth-order valence-corrected chi connectivity index (χ4v) is 11.0. The topological polar surface area (TPSA) is 126 Å². The van der Waals surface area contributed by atoms with E-state index >= 15 is 0 Å². The van der Waals surface area contributed by atoms with Crippen LogP contribution in [0.3, 0.4) is 0 Å².